The average Bonchev–Trinajstić information content (AvgIpc) is 2.37. The van der Waals surface area contributed by atoms with E-state index in [-0.39, 0.29) is 0 Å². The summed E-state index contributed by atoms with van der Waals surface area (Å²) in [5.41, 5.74) is 9.71. The number of aromatic nitrogens is 3. The zero-order valence-corrected chi connectivity index (χ0v) is 11.1. The third-order valence-corrected chi connectivity index (χ3v) is 3.22. The summed E-state index contributed by atoms with van der Waals surface area (Å²) in [5, 5.41) is 2.11. The molecule has 19 heavy (non-hydrogen) atoms. The van der Waals surface area contributed by atoms with Gasteiger partial charge in [-0.1, -0.05) is 11.6 Å². The zero-order chi connectivity index (χ0) is 13.4. The van der Waals surface area contributed by atoms with Gasteiger partial charge in [-0.05, 0) is 38.1 Å². The van der Waals surface area contributed by atoms with E-state index in [0.29, 0.717) is 13.0 Å². The molecule has 0 saturated carbocycles. The lowest BCUT2D eigenvalue weighted by molar-refractivity contribution is 0.876. The highest BCUT2D eigenvalue weighted by molar-refractivity contribution is 5.92. The molecule has 3 aromatic rings. The van der Waals surface area contributed by atoms with Crippen LogP contribution >= 0.6 is 0 Å². The van der Waals surface area contributed by atoms with Crippen molar-refractivity contribution in [3.8, 4) is 0 Å². The van der Waals surface area contributed by atoms with Crippen LogP contribution in [-0.2, 0) is 6.42 Å². The minimum Gasteiger partial charge on any atom is -0.330 e. The van der Waals surface area contributed by atoms with Crippen LogP contribution in [0.25, 0.3) is 21.9 Å². The van der Waals surface area contributed by atoms with Crippen LogP contribution in [0.3, 0.4) is 0 Å². The van der Waals surface area contributed by atoms with Gasteiger partial charge in [0.05, 0.1) is 5.52 Å². The Morgan fingerprint density at radius 1 is 1.05 bits per heavy atom. The molecule has 2 aromatic heterocycles. The van der Waals surface area contributed by atoms with Crippen LogP contribution < -0.4 is 5.73 Å². The Balaban J connectivity index is 2.29. The lowest BCUT2D eigenvalue weighted by Crippen LogP contribution is -2.06. The lowest BCUT2D eigenvalue weighted by Gasteiger charge is -2.06. The van der Waals surface area contributed by atoms with Gasteiger partial charge in [-0.3, -0.25) is 0 Å². The van der Waals surface area contributed by atoms with Crippen LogP contribution in [0.1, 0.15) is 17.0 Å². The first-order valence-corrected chi connectivity index (χ1v) is 6.41. The molecular formula is C15H16N4. The molecular weight excluding hydrogens is 236 g/mol. The van der Waals surface area contributed by atoms with E-state index in [0.717, 1.165) is 27.8 Å². The molecule has 0 saturated heterocycles. The van der Waals surface area contributed by atoms with Crippen LogP contribution in [0, 0.1) is 13.8 Å². The average molecular weight is 252 g/mol. The normalized spacial score (nSPS) is 11.3. The summed E-state index contributed by atoms with van der Waals surface area (Å²) in [6, 6.07) is 6.38. The number of pyridine rings is 1. The number of nitrogens with two attached hydrogens (primary N) is 1. The molecule has 0 fully saturated rings. The molecule has 0 spiro atoms. The number of aryl methyl sites for hydroxylation is 2. The SMILES string of the molecule is Cc1cc(C)c2nc3nc(CCN)ncc3cc2c1. The summed E-state index contributed by atoms with van der Waals surface area (Å²) in [6.07, 6.45) is 2.51. The molecule has 4 heteroatoms. The molecule has 1 aromatic carbocycles. The summed E-state index contributed by atoms with van der Waals surface area (Å²) in [6.45, 7) is 4.73. The van der Waals surface area contributed by atoms with E-state index in [4.69, 9.17) is 5.73 Å². The zero-order valence-electron chi connectivity index (χ0n) is 11.1. The van der Waals surface area contributed by atoms with Crippen molar-refractivity contribution in [1.29, 1.82) is 0 Å². The fraction of sp³-hybridized carbons (Fsp3) is 0.267. The second-order valence-corrected chi connectivity index (χ2v) is 4.88. The molecule has 0 amide bonds. The van der Waals surface area contributed by atoms with E-state index in [9.17, 15) is 0 Å². The number of fused-ring (bicyclic) bond motifs is 2. The first kappa shape index (κ1) is 12.0. The van der Waals surface area contributed by atoms with Crippen molar-refractivity contribution in [1.82, 2.24) is 15.0 Å². The molecule has 0 bridgehead atoms. The topological polar surface area (TPSA) is 64.7 Å². The van der Waals surface area contributed by atoms with Gasteiger partial charge in [0.15, 0.2) is 5.65 Å². The van der Waals surface area contributed by atoms with E-state index < -0.39 is 0 Å². The lowest BCUT2D eigenvalue weighted by atomic mass is 10.1. The van der Waals surface area contributed by atoms with Crippen molar-refractivity contribution < 1.29 is 0 Å². The van der Waals surface area contributed by atoms with Gasteiger partial charge in [-0.25, -0.2) is 15.0 Å². The van der Waals surface area contributed by atoms with Gasteiger partial charge < -0.3 is 5.73 Å². The number of benzene rings is 1. The monoisotopic (exact) mass is 252 g/mol. The molecule has 4 nitrogen and oxygen atoms in total. The molecule has 2 N–H and O–H groups in total. The molecule has 0 unspecified atom stereocenters. The first-order chi connectivity index (χ1) is 9.17. The third-order valence-electron chi connectivity index (χ3n) is 3.22. The second kappa shape index (κ2) is 4.55. The number of hydrogen-bond donors (Lipinski definition) is 1. The highest BCUT2D eigenvalue weighted by Crippen LogP contribution is 2.22. The predicted octanol–water partition coefficient (Wildman–Crippen LogP) is 2.30. The fourth-order valence-electron chi connectivity index (χ4n) is 2.39. The molecule has 0 atom stereocenters. The van der Waals surface area contributed by atoms with E-state index in [1.807, 2.05) is 6.20 Å². The van der Waals surface area contributed by atoms with E-state index in [1.165, 1.54) is 11.1 Å². The Morgan fingerprint density at radius 3 is 2.68 bits per heavy atom. The van der Waals surface area contributed by atoms with Gasteiger partial charge in [0.2, 0.25) is 0 Å². The van der Waals surface area contributed by atoms with Crippen LogP contribution in [0.2, 0.25) is 0 Å². The van der Waals surface area contributed by atoms with Gasteiger partial charge >= 0.3 is 0 Å². The summed E-state index contributed by atoms with van der Waals surface area (Å²) in [5.74, 6) is 0.756. The quantitative estimate of drug-likeness (QED) is 0.711. The Morgan fingerprint density at radius 2 is 1.89 bits per heavy atom. The predicted molar refractivity (Wildman–Crippen MR) is 77.1 cm³/mol. The molecule has 0 aliphatic carbocycles. The smallest absolute Gasteiger partial charge is 0.163 e. The number of hydrogen-bond acceptors (Lipinski definition) is 4. The minimum absolute atomic E-state index is 0.553. The number of rotatable bonds is 2. The van der Waals surface area contributed by atoms with E-state index in [1.54, 1.807) is 0 Å². The molecule has 0 radical (unpaired) electrons. The Bertz CT molecular complexity index is 765. The summed E-state index contributed by atoms with van der Waals surface area (Å²) in [4.78, 5) is 13.5. The Kier molecular flexibility index (Phi) is 2.87. The minimum atomic E-state index is 0.553. The molecule has 3 rings (SSSR count). The van der Waals surface area contributed by atoms with Crippen LogP contribution in [0.15, 0.2) is 24.4 Å². The summed E-state index contributed by atoms with van der Waals surface area (Å²) < 4.78 is 0. The molecule has 0 aliphatic heterocycles. The highest BCUT2D eigenvalue weighted by atomic mass is 14.9. The van der Waals surface area contributed by atoms with Gasteiger partial charge in [-0.2, -0.15) is 0 Å². The van der Waals surface area contributed by atoms with Gasteiger partial charge in [0.25, 0.3) is 0 Å². The summed E-state index contributed by atoms with van der Waals surface area (Å²) >= 11 is 0. The maximum Gasteiger partial charge on any atom is 0.163 e. The standard InChI is InChI=1S/C15H16N4/c1-9-5-10(2)14-11(6-9)7-12-8-17-13(3-4-16)18-15(12)19-14/h5-8H,3-4,16H2,1-2H3. The van der Waals surface area contributed by atoms with Crippen molar-refractivity contribution >= 4 is 21.9 Å². The van der Waals surface area contributed by atoms with Gasteiger partial charge in [0.1, 0.15) is 5.82 Å². The molecule has 0 aliphatic rings. The summed E-state index contributed by atoms with van der Waals surface area (Å²) in [7, 11) is 0. The second-order valence-electron chi connectivity index (χ2n) is 4.88. The molecule has 96 valence electrons. The third kappa shape index (κ3) is 2.15. The van der Waals surface area contributed by atoms with Crippen LogP contribution in [-0.4, -0.2) is 21.5 Å². The number of nitrogens with zero attached hydrogens (tertiary/aromatic N) is 3. The van der Waals surface area contributed by atoms with Crippen LogP contribution in [0.4, 0.5) is 0 Å². The van der Waals surface area contributed by atoms with Crippen molar-refractivity contribution in [2.24, 2.45) is 5.73 Å². The van der Waals surface area contributed by atoms with Crippen molar-refractivity contribution in [3.05, 3.63) is 41.3 Å². The maximum atomic E-state index is 5.54. The van der Waals surface area contributed by atoms with Crippen molar-refractivity contribution in [3.63, 3.8) is 0 Å². The van der Waals surface area contributed by atoms with Gasteiger partial charge in [-0.15, -0.1) is 0 Å². The largest absolute Gasteiger partial charge is 0.330 e. The van der Waals surface area contributed by atoms with Crippen LogP contribution in [0.5, 0.6) is 0 Å². The molecule has 2 heterocycles. The maximum absolute atomic E-state index is 5.54. The van der Waals surface area contributed by atoms with Crippen molar-refractivity contribution in [2.75, 3.05) is 6.54 Å². The Labute approximate surface area is 111 Å². The highest BCUT2D eigenvalue weighted by Gasteiger charge is 2.06. The Hall–Kier alpha value is -2.07. The van der Waals surface area contributed by atoms with Gasteiger partial charge in [0, 0.05) is 23.4 Å². The first-order valence-electron chi connectivity index (χ1n) is 6.41. The van der Waals surface area contributed by atoms with Crippen molar-refractivity contribution in [2.45, 2.75) is 20.3 Å². The fourth-order valence-corrected chi connectivity index (χ4v) is 2.39. The van der Waals surface area contributed by atoms with E-state index in [2.05, 4.69) is 47.0 Å². The van der Waals surface area contributed by atoms with E-state index >= 15 is 0 Å².